The van der Waals surface area contributed by atoms with Crippen molar-refractivity contribution in [3.05, 3.63) is 84.1 Å². The summed E-state index contributed by atoms with van der Waals surface area (Å²) in [6, 6.07) is 20.8. The van der Waals surface area contributed by atoms with Gasteiger partial charge in [0.15, 0.2) is 5.13 Å². The van der Waals surface area contributed by atoms with E-state index in [2.05, 4.69) is 11.1 Å². The fraction of sp³-hybridized carbons (Fsp3) is 0.0500. The number of hydroxylamine groups is 1. The van der Waals surface area contributed by atoms with Gasteiger partial charge in [-0.1, -0.05) is 41.7 Å². The number of pyridine rings is 1. The van der Waals surface area contributed by atoms with Gasteiger partial charge in [0.1, 0.15) is 5.82 Å². The summed E-state index contributed by atoms with van der Waals surface area (Å²) in [7, 11) is 0. The Bertz CT molecular complexity index is 1030. The van der Waals surface area contributed by atoms with Crippen LogP contribution in [0.15, 0.2) is 72.9 Å². The van der Waals surface area contributed by atoms with Crippen molar-refractivity contribution in [2.75, 3.05) is 4.90 Å². The molecule has 7 heteroatoms. The van der Waals surface area contributed by atoms with Crippen molar-refractivity contribution in [3.63, 3.8) is 0 Å². The van der Waals surface area contributed by atoms with Crippen LogP contribution in [0.4, 0.5) is 10.9 Å². The molecular formula is C20H16N4O2S. The lowest BCUT2D eigenvalue weighted by atomic mass is 10.1. The minimum absolute atomic E-state index is 0.394. The number of benzene rings is 2. The van der Waals surface area contributed by atoms with Crippen LogP contribution in [0.25, 0.3) is 10.2 Å². The number of anilines is 2. The molecule has 6 nitrogen and oxygen atoms in total. The third kappa shape index (κ3) is 3.64. The van der Waals surface area contributed by atoms with Gasteiger partial charge in [-0.05, 0) is 42.0 Å². The summed E-state index contributed by atoms with van der Waals surface area (Å²) in [4.78, 5) is 22.8. The fourth-order valence-corrected chi connectivity index (χ4v) is 3.72. The van der Waals surface area contributed by atoms with Gasteiger partial charge in [-0.3, -0.25) is 14.9 Å². The smallest absolute Gasteiger partial charge is 0.274 e. The minimum Gasteiger partial charge on any atom is -0.298 e. The molecule has 2 N–H and O–H groups in total. The molecule has 0 saturated heterocycles. The molecule has 2 aromatic carbocycles. The summed E-state index contributed by atoms with van der Waals surface area (Å²) in [5.41, 5.74) is 3.98. The van der Waals surface area contributed by atoms with E-state index in [-0.39, 0.29) is 0 Å². The number of thiazole rings is 1. The zero-order chi connectivity index (χ0) is 18.6. The first-order valence-corrected chi connectivity index (χ1v) is 9.14. The first-order chi connectivity index (χ1) is 13.2. The molecule has 0 radical (unpaired) electrons. The Morgan fingerprint density at radius 3 is 2.52 bits per heavy atom. The summed E-state index contributed by atoms with van der Waals surface area (Å²) in [6.45, 7) is 0.553. The number of fused-ring (bicyclic) bond motifs is 1. The number of carbonyl (C=O) groups is 1. The molecule has 2 heterocycles. The highest BCUT2D eigenvalue weighted by Crippen LogP contribution is 2.33. The van der Waals surface area contributed by atoms with Crippen LogP contribution >= 0.6 is 11.3 Å². The fourth-order valence-electron chi connectivity index (χ4n) is 2.74. The van der Waals surface area contributed by atoms with Gasteiger partial charge in [0.05, 0.1) is 16.8 Å². The number of nitrogens with one attached hydrogen (secondary N) is 1. The van der Waals surface area contributed by atoms with Gasteiger partial charge in [0.2, 0.25) is 0 Å². The van der Waals surface area contributed by atoms with Crippen LogP contribution in [-0.4, -0.2) is 21.1 Å². The van der Waals surface area contributed by atoms with Crippen molar-refractivity contribution in [3.8, 4) is 0 Å². The molecule has 134 valence electrons. The van der Waals surface area contributed by atoms with Crippen LogP contribution in [0.5, 0.6) is 0 Å². The summed E-state index contributed by atoms with van der Waals surface area (Å²) in [6.07, 6.45) is 1.75. The summed E-state index contributed by atoms with van der Waals surface area (Å²) >= 11 is 1.61. The highest BCUT2D eigenvalue weighted by molar-refractivity contribution is 7.22. The second kappa shape index (κ2) is 7.53. The van der Waals surface area contributed by atoms with E-state index in [9.17, 15) is 4.79 Å². The van der Waals surface area contributed by atoms with Crippen LogP contribution < -0.4 is 10.4 Å². The Morgan fingerprint density at radius 1 is 1.04 bits per heavy atom. The molecular weight excluding hydrogens is 360 g/mol. The highest BCUT2D eigenvalue weighted by Gasteiger charge is 2.16. The Balaban J connectivity index is 1.69. The minimum atomic E-state index is -0.533. The normalized spacial score (nSPS) is 10.7. The predicted molar refractivity (Wildman–Crippen MR) is 105 cm³/mol. The molecule has 1 amide bonds. The number of rotatable bonds is 5. The SMILES string of the molecule is O=C(NO)c1ccc(CN(c2ccccn2)c2nc3ccccc3s2)cc1. The standard InChI is InChI=1S/C20H16N4O2S/c25-19(23-26)15-10-8-14(9-11-15)13-24(18-7-3-4-12-21-18)20-22-16-5-1-2-6-17(16)27-20/h1-12,26H,13H2,(H,23,25). The number of aromatic nitrogens is 2. The Morgan fingerprint density at radius 2 is 1.81 bits per heavy atom. The summed E-state index contributed by atoms with van der Waals surface area (Å²) in [5.74, 6) is 0.267. The van der Waals surface area contributed by atoms with E-state index < -0.39 is 5.91 Å². The second-order valence-electron chi connectivity index (χ2n) is 5.88. The number of hydrogen-bond donors (Lipinski definition) is 2. The number of para-hydroxylation sites is 1. The van der Waals surface area contributed by atoms with E-state index in [4.69, 9.17) is 10.2 Å². The molecule has 0 aliphatic carbocycles. The van der Waals surface area contributed by atoms with Crippen LogP contribution in [0, 0.1) is 0 Å². The van der Waals surface area contributed by atoms with Crippen LogP contribution in [0.3, 0.4) is 0 Å². The van der Waals surface area contributed by atoms with Crippen LogP contribution in [0.1, 0.15) is 15.9 Å². The van der Waals surface area contributed by atoms with Crippen molar-refractivity contribution < 1.29 is 10.0 Å². The lowest BCUT2D eigenvalue weighted by Crippen LogP contribution is -2.19. The Hall–Kier alpha value is -3.29. The third-order valence-corrected chi connectivity index (χ3v) is 5.16. The van der Waals surface area contributed by atoms with Crippen molar-refractivity contribution >= 4 is 38.4 Å². The molecule has 27 heavy (non-hydrogen) atoms. The molecule has 0 aliphatic heterocycles. The molecule has 0 aliphatic rings. The van der Waals surface area contributed by atoms with Crippen LogP contribution in [0.2, 0.25) is 0 Å². The molecule has 0 atom stereocenters. The second-order valence-corrected chi connectivity index (χ2v) is 6.89. The maximum absolute atomic E-state index is 11.5. The zero-order valence-electron chi connectivity index (χ0n) is 14.2. The molecule has 4 aromatic rings. The molecule has 0 saturated carbocycles. The maximum atomic E-state index is 11.5. The maximum Gasteiger partial charge on any atom is 0.274 e. The van der Waals surface area contributed by atoms with E-state index in [1.807, 2.05) is 53.4 Å². The lowest BCUT2D eigenvalue weighted by molar-refractivity contribution is 0.0706. The van der Waals surface area contributed by atoms with Crippen molar-refractivity contribution in [2.24, 2.45) is 0 Å². The molecule has 2 aromatic heterocycles. The molecule has 0 fully saturated rings. The first-order valence-electron chi connectivity index (χ1n) is 8.32. The Labute approximate surface area is 159 Å². The zero-order valence-corrected chi connectivity index (χ0v) is 15.1. The van der Waals surface area contributed by atoms with Gasteiger partial charge in [-0.15, -0.1) is 0 Å². The largest absolute Gasteiger partial charge is 0.298 e. The molecule has 0 spiro atoms. The van der Waals surface area contributed by atoms with Gasteiger partial charge in [0, 0.05) is 11.8 Å². The molecule has 0 unspecified atom stereocenters. The van der Waals surface area contributed by atoms with Crippen molar-refractivity contribution in [1.82, 2.24) is 15.4 Å². The summed E-state index contributed by atoms with van der Waals surface area (Å²) < 4.78 is 1.11. The first kappa shape index (κ1) is 17.1. The van der Waals surface area contributed by atoms with Crippen LogP contribution in [-0.2, 0) is 6.54 Å². The van der Waals surface area contributed by atoms with Gasteiger partial charge in [-0.25, -0.2) is 15.4 Å². The Kier molecular flexibility index (Phi) is 4.78. The molecule has 0 bridgehead atoms. The van der Waals surface area contributed by atoms with Crippen molar-refractivity contribution in [2.45, 2.75) is 6.54 Å². The summed E-state index contributed by atoms with van der Waals surface area (Å²) in [5, 5.41) is 9.60. The van der Waals surface area contributed by atoms with E-state index in [0.717, 1.165) is 26.7 Å². The average Bonchev–Trinajstić information content (AvgIpc) is 3.16. The van der Waals surface area contributed by atoms with Gasteiger partial charge >= 0.3 is 0 Å². The van der Waals surface area contributed by atoms with Gasteiger partial charge in [0.25, 0.3) is 5.91 Å². The monoisotopic (exact) mass is 376 g/mol. The predicted octanol–water partition coefficient (Wildman–Crippen LogP) is 4.15. The lowest BCUT2D eigenvalue weighted by Gasteiger charge is -2.21. The average molecular weight is 376 g/mol. The van der Waals surface area contributed by atoms with Gasteiger partial charge < -0.3 is 0 Å². The number of amides is 1. The number of hydrogen-bond acceptors (Lipinski definition) is 6. The van der Waals surface area contributed by atoms with E-state index in [0.29, 0.717) is 12.1 Å². The highest BCUT2D eigenvalue weighted by atomic mass is 32.1. The topological polar surface area (TPSA) is 78.4 Å². The molecule has 4 rings (SSSR count). The third-order valence-electron chi connectivity index (χ3n) is 4.10. The van der Waals surface area contributed by atoms with Gasteiger partial charge in [-0.2, -0.15) is 0 Å². The van der Waals surface area contributed by atoms with Crippen molar-refractivity contribution in [1.29, 1.82) is 0 Å². The van der Waals surface area contributed by atoms with E-state index in [1.54, 1.807) is 35.1 Å². The quantitative estimate of drug-likeness (QED) is 0.404. The number of carbonyl (C=O) groups excluding carboxylic acids is 1. The van der Waals surface area contributed by atoms with E-state index in [1.165, 1.54) is 0 Å². The van der Waals surface area contributed by atoms with E-state index >= 15 is 0 Å². The number of nitrogens with zero attached hydrogens (tertiary/aromatic N) is 3.